The van der Waals surface area contributed by atoms with Crippen LogP contribution in [-0.2, 0) is 0 Å². The summed E-state index contributed by atoms with van der Waals surface area (Å²) in [6.07, 6.45) is 2.08. The van der Waals surface area contributed by atoms with Crippen LogP contribution in [0, 0.1) is 6.92 Å². The minimum Gasteiger partial charge on any atom is -0.494 e. The lowest BCUT2D eigenvalue weighted by molar-refractivity contribution is 0.101. The van der Waals surface area contributed by atoms with Gasteiger partial charge >= 0.3 is 0 Å². The molecule has 3 aromatic rings. The molecule has 0 saturated carbocycles. The lowest BCUT2D eigenvalue weighted by Gasteiger charge is -2.12. The van der Waals surface area contributed by atoms with Crippen molar-refractivity contribution < 1.29 is 14.3 Å². The van der Waals surface area contributed by atoms with E-state index in [1.165, 1.54) is 0 Å². The molecule has 5 heteroatoms. The SMILES string of the molecule is CCCCOc1ccc(C(=O)Nc2ccc(NC(=O)c3ccccc3)c(C)c2)cc1. The van der Waals surface area contributed by atoms with E-state index in [0.717, 1.165) is 24.2 Å². The van der Waals surface area contributed by atoms with E-state index in [0.29, 0.717) is 29.1 Å². The summed E-state index contributed by atoms with van der Waals surface area (Å²) in [5.74, 6) is 0.390. The van der Waals surface area contributed by atoms with Gasteiger partial charge in [0.25, 0.3) is 11.8 Å². The van der Waals surface area contributed by atoms with E-state index in [2.05, 4.69) is 17.6 Å². The zero-order valence-electron chi connectivity index (χ0n) is 17.3. The molecule has 30 heavy (non-hydrogen) atoms. The van der Waals surface area contributed by atoms with Crippen LogP contribution in [0.3, 0.4) is 0 Å². The molecule has 0 aliphatic rings. The van der Waals surface area contributed by atoms with E-state index < -0.39 is 0 Å². The Morgan fingerprint density at radius 3 is 2.17 bits per heavy atom. The summed E-state index contributed by atoms with van der Waals surface area (Å²) < 4.78 is 5.63. The molecule has 154 valence electrons. The molecule has 0 atom stereocenters. The largest absolute Gasteiger partial charge is 0.494 e. The van der Waals surface area contributed by atoms with Crippen LogP contribution < -0.4 is 15.4 Å². The first-order chi connectivity index (χ1) is 14.6. The van der Waals surface area contributed by atoms with E-state index in [-0.39, 0.29) is 11.8 Å². The minimum absolute atomic E-state index is 0.170. The van der Waals surface area contributed by atoms with Gasteiger partial charge in [-0.15, -0.1) is 0 Å². The second-order valence-corrected chi connectivity index (χ2v) is 7.03. The quantitative estimate of drug-likeness (QED) is 0.477. The Balaban J connectivity index is 1.61. The molecule has 0 unspecified atom stereocenters. The lowest BCUT2D eigenvalue weighted by Crippen LogP contribution is -2.14. The molecule has 2 amide bonds. The number of carbonyl (C=O) groups excluding carboxylic acids is 2. The Morgan fingerprint density at radius 2 is 1.50 bits per heavy atom. The second-order valence-electron chi connectivity index (χ2n) is 7.03. The molecule has 0 aliphatic carbocycles. The molecule has 2 N–H and O–H groups in total. The van der Waals surface area contributed by atoms with Gasteiger partial charge in [0.05, 0.1) is 6.61 Å². The van der Waals surface area contributed by atoms with Crippen molar-refractivity contribution in [3.63, 3.8) is 0 Å². The van der Waals surface area contributed by atoms with E-state index in [1.54, 1.807) is 48.5 Å². The minimum atomic E-state index is -0.199. The molecule has 3 aromatic carbocycles. The number of unbranched alkanes of at least 4 members (excludes halogenated alkanes) is 1. The third kappa shape index (κ3) is 5.70. The molecule has 0 saturated heterocycles. The van der Waals surface area contributed by atoms with Gasteiger partial charge in [0.15, 0.2) is 0 Å². The zero-order chi connectivity index (χ0) is 21.3. The van der Waals surface area contributed by atoms with Crippen molar-refractivity contribution in [1.29, 1.82) is 0 Å². The number of ether oxygens (including phenoxy) is 1. The van der Waals surface area contributed by atoms with Crippen LogP contribution in [0.4, 0.5) is 11.4 Å². The second kappa shape index (κ2) is 10.3. The standard InChI is InChI=1S/C25H26N2O3/c1-3-4-16-30-22-13-10-20(11-14-22)24(28)26-21-12-15-23(18(2)17-21)27-25(29)19-8-6-5-7-9-19/h5-15,17H,3-4,16H2,1-2H3,(H,26,28)(H,27,29). The maximum atomic E-state index is 12.5. The van der Waals surface area contributed by atoms with Crippen LogP contribution in [0.1, 0.15) is 46.0 Å². The van der Waals surface area contributed by atoms with Crippen LogP contribution in [0.15, 0.2) is 72.8 Å². The fraction of sp³-hybridized carbons (Fsp3) is 0.200. The molecule has 0 spiro atoms. The maximum absolute atomic E-state index is 12.5. The number of nitrogens with one attached hydrogen (secondary N) is 2. The highest BCUT2D eigenvalue weighted by Gasteiger charge is 2.10. The number of aryl methyl sites for hydroxylation is 1. The Bertz CT molecular complexity index is 999. The summed E-state index contributed by atoms with van der Waals surface area (Å²) in [6.45, 7) is 4.68. The highest BCUT2D eigenvalue weighted by molar-refractivity contribution is 6.06. The van der Waals surface area contributed by atoms with Crippen molar-refractivity contribution in [2.75, 3.05) is 17.2 Å². The predicted molar refractivity (Wildman–Crippen MR) is 120 cm³/mol. The first-order valence-electron chi connectivity index (χ1n) is 10.1. The molecule has 0 radical (unpaired) electrons. The zero-order valence-corrected chi connectivity index (χ0v) is 17.3. The van der Waals surface area contributed by atoms with Crippen LogP contribution in [0.2, 0.25) is 0 Å². The van der Waals surface area contributed by atoms with Crippen LogP contribution in [0.25, 0.3) is 0 Å². The van der Waals surface area contributed by atoms with Crippen molar-refractivity contribution >= 4 is 23.2 Å². The molecule has 0 aromatic heterocycles. The third-order valence-electron chi connectivity index (χ3n) is 4.65. The van der Waals surface area contributed by atoms with Gasteiger partial charge in [-0.2, -0.15) is 0 Å². The Kier molecular flexibility index (Phi) is 7.22. The van der Waals surface area contributed by atoms with Crippen LogP contribution in [-0.4, -0.2) is 18.4 Å². The monoisotopic (exact) mass is 402 g/mol. The fourth-order valence-corrected chi connectivity index (χ4v) is 2.91. The average molecular weight is 402 g/mol. The van der Waals surface area contributed by atoms with Crippen LogP contribution in [0.5, 0.6) is 5.75 Å². The first kappa shape index (κ1) is 21.1. The van der Waals surface area contributed by atoms with E-state index >= 15 is 0 Å². The van der Waals surface area contributed by atoms with E-state index in [4.69, 9.17) is 4.74 Å². The number of carbonyl (C=O) groups is 2. The highest BCUT2D eigenvalue weighted by Crippen LogP contribution is 2.21. The van der Waals surface area contributed by atoms with Gasteiger partial charge in [-0.1, -0.05) is 31.5 Å². The number of hydrogen-bond donors (Lipinski definition) is 2. The normalized spacial score (nSPS) is 10.3. The molecule has 0 heterocycles. The Labute approximate surface area is 177 Å². The highest BCUT2D eigenvalue weighted by atomic mass is 16.5. The van der Waals surface area contributed by atoms with Crippen LogP contribution >= 0.6 is 0 Å². The Morgan fingerprint density at radius 1 is 0.833 bits per heavy atom. The van der Waals surface area contributed by atoms with Gasteiger partial charge in [-0.05, 0) is 73.5 Å². The summed E-state index contributed by atoms with van der Waals surface area (Å²) in [5.41, 5.74) is 3.37. The summed E-state index contributed by atoms with van der Waals surface area (Å²) in [7, 11) is 0. The predicted octanol–water partition coefficient (Wildman–Crippen LogP) is 5.68. The number of anilines is 2. The van der Waals surface area contributed by atoms with E-state index in [1.807, 2.05) is 31.2 Å². The smallest absolute Gasteiger partial charge is 0.255 e. The maximum Gasteiger partial charge on any atom is 0.255 e. The topological polar surface area (TPSA) is 67.4 Å². The fourth-order valence-electron chi connectivity index (χ4n) is 2.91. The molecule has 0 bridgehead atoms. The van der Waals surface area contributed by atoms with Gasteiger partial charge in [-0.25, -0.2) is 0 Å². The van der Waals surface area contributed by atoms with Crippen molar-refractivity contribution in [1.82, 2.24) is 0 Å². The number of hydrogen-bond acceptors (Lipinski definition) is 3. The van der Waals surface area contributed by atoms with Crippen molar-refractivity contribution in [3.8, 4) is 5.75 Å². The number of rotatable bonds is 8. The molecular weight excluding hydrogens is 376 g/mol. The Hall–Kier alpha value is -3.60. The molecule has 3 rings (SSSR count). The molecule has 0 fully saturated rings. The third-order valence-corrected chi connectivity index (χ3v) is 4.65. The first-order valence-corrected chi connectivity index (χ1v) is 10.1. The summed E-state index contributed by atoms with van der Waals surface area (Å²) >= 11 is 0. The number of benzene rings is 3. The van der Waals surface area contributed by atoms with Gasteiger partial charge in [0, 0.05) is 22.5 Å². The summed E-state index contributed by atoms with van der Waals surface area (Å²) in [6, 6.07) is 21.5. The van der Waals surface area contributed by atoms with Gasteiger partial charge in [-0.3, -0.25) is 9.59 Å². The average Bonchev–Trinajstić information content (AvgIpc) is 2.77. The van der Waals surface area contributed by atoms with E-state index in [9.17, 15) is 9.59 Å². The lowest BCUT2D eigenvalue weighted by atomic mass is 10.1. The molecular formula is C25H26N2O3. The summed E-state index contributed by atoms with van der Waals surface area (Å²) in [5, 5.41) is 5.79. The van der Waals surface area contributed by atoms with Gasteiger partial charge in [0.2, 0.25) is 0 Å². The number of amides is 2. The molecule has 5 nitrogen and oxygen atoms in total. The molecule has 0 aliphatic heterocycles. The van der Waals surface area contributed by atoms with Crippen molar-refractivity contribution in [2.24, 2.45) is 0 Å². The van der Waals surface area contributed by atoms with Gasteiger partial charge in [0.1, 0.15) is 5.75 Å². The van der Waals surface area contributed by atoms with Crippen molar-refractivity contribution in [2.45, 2.75) is 26.7 Å². The van der Waals surface area contributed by atoms with Crippen molar-refractivity contribution in [3.05, 3.63) is 89.5 Å². The van der Waals surface area contributed by atoms with Gasteiger partial charge < -0.3 is 15.4 Å². The summed E-state index contributed by atoms with van der Waals surface area (Å²) in [4.78, 5) is 24.9.